The summed E-state index contributed by atoms with van der Waals surface area (Å²) in [6.45, 7) is 1.84. The highest BCUT2D eigenvalue weighted by Crippen LogP contribution is 2.42. The third kappa shape index (κ3) is 2.82. The average molecular weight is 290 g/mol. The molecule has 21 heavy (non-hydrogen) atoms. The van der Waals surface area contributed by atoms with Gasteiger partial charge in [0.05, 0.1) is 5.41 Å². The van der Waals surface area contributed by atoms with Crippen molar-refractivity contribution in [1.82, 2.24) is 10.6 Å². The van der Waals surface area contributed by atoms with Crippen molar-refractivity contribution in [2.45, 2.75) is 50.0 Å². The van der Waals surface area contributed by atoms with Gasteiger partial charge >= 0.3 is 0 Å². The number of carbonyl (C=O) groups excluding carboxylic acids is 1. The molecular formula is C17H23FN2O. The van der Waals surface area contributed by atoms with Crippen LogP contribution in [0.4, 0.5) is 4.39 Å². The van der Waals surface area contributed by atoms with E-state index in [9.17, 15) is 9.18 Å². The summed E-state index contributed by atoms with van der Waals surface area (Å²) in [5.74, 6) is -0.241. The first-order chi connectivity index (χ1) is 10.2. The van der Waals surface area contributed by atoms with E-state index >= 15 is 0 Å². The standard InChI is InChI=1S/C17H23FN2O/c18-15-8-2-1-7-14(15)17(9-3-4-10-17)16(21)20-13-6-5-11-19-12-13/h1-2,7-8,13,19H,3-6,9-12H2,(H,20,21)/t13-/m0/s1. The van der Waals surface area contributed by atoms with E-state index in [1.54, 1.807) is 12.1 Å². The van der Waals surface area contributed by atoms with E-state index in [4.69, 9.17) is 0 Å². The second-order valence-electron chi connectivity index (χ2n) is 6.29. The first kappa shape index (κ1) is 14.5. The van der Waals surface area contributed by atoms with E-state index in [2.05, 4.69) is 10.6 Å². The van der Waals surface area contributed by atoms with E-state index in [1.807, 2.05) is 6.07 Å². The Balaban J connectivity index is 1.83. The van der Waals surface area contributed by atoms with Gasteiger partial charge in [0, 0.05) is 18.2 Å². The van der Waals surface area contributed by atoms with Gasteiger partial charge < -0.3 is 10.6 Å². The van der Waals surface area contributed by atoms with E-state index in [0.717, 1.165) is 51.6 Å². The summed E-state index contributed by atoms with van der Waals surface area (Å²) in [6.07, 6.45) is 5.57. The zero-order chi connectivity index (χ0) is 14.7. The maximum Gasteiger partial charge on any atom is 0.231 e. The highest BCUT2D eigenvalue weighted by Gasteiger charge is 2.44. The molecule has 0 radical (unpaired) electrons. The molecule has 1 heterocycles. The van der Waals surface area contributed by atoms with Crippen molar-refractivity contribution < 1.29 is 9.18 Å². The number of hydrogen-bond acceptors (Lipinski definition) is 2. The molecule has 114 valence electrons. The zero-order valence-corrected chi connectivity index (χ0v) is 12.3. The lowest BCUT2D eigenvalue weighted by atomic mass is 9.77. The number of carbonyl (C=O) groups is 1. The van der Waals surface area contributed by atoms with Crippen LogP contribution in [0.5, 0.6) is 0 Å². The average Bonchev–Trinajstić information content (AvgIpc) is 2.99. The van der Waals surface area contributed by atoms with E-state index in [0.29, 0.717) is 5.56 Å². The third-order valence-electron chi connectivity index (χ3n) is 4.91. The van der Waals surface area contributed by atoms with Gasteiger partial charge in [-0.25, -0.2) is 4.39 Å². The van der Waals surface area contributed by atoms with Crippen LogP contribution in [0.1, 0.15) is 44.1 Å². The lowest BCUT2D eigenvalue weighted by molar-refractivity contribution is -0.127. The summed E-state index contributed by atoms with van der Waals surface area (Å²) in [4.78, 5) is 12.9. The first-order valence-corrected chi connectivity index (χ1v) is 7.99. The monoisotopic (exact) mass is 290 g/mol. The topological polar surface area (TPSA) is 41.1 Å². The number of benzene rings is 1. The summed E-state index contributed by atoms with van der Waals surface area (Å²) in [5, 5.41) is 6.46. The van der Waals surface area contributed by atoms with Gasteiger partial charge in [-0.2, -0.15) is 0 Å². The van der Waals surface area contributed by atoms with Gasteiger partial charge in [-0.05, 0) is 38.3 Å². The molecule has 0 aromatic heterocycles. The number of rotatable bonds is 3. The fraction of sp³-hybridized carbons (Fsp3) is 0.588. The maximum atomic E-state index is 14.2. The second kappa shape index (κ2) is 6.14. The Labute approximate surface area is 125 Å². The molecule has 0 spiro atoms. The fourth-order valence-corrected chi connectivity index (χ4v) is 3.75. The van der Waals surface area contributed by atoms with Crippen LogP contribution >= 0.6 is 0 Å². The number of amides is 1. The van der Waals surface area contributed by atoms with Gasteiger partial charge in [-0.15, -0.1) is 0 Å². The molecule has 0 bridgehead atoms. The summed E-state index contributed by atoms with van der Waals surface area (Å²) < 4.78 is 14.2. The lowest BCUT2D eigenvalue weighted by Gasteiger charge is -2.32. The molecule has 1 amide bonds. The van der Waals surface area contributed by atoms with Gasteiger partial charge in [0.25, 0.3) is 0 Å². The van der Waals surface area contributed by atoms with Crippen LogP contribution in [-0.4, -0.2) is 25.0 Å². The Bertz CT molecular complexity index is 505. The van der Waals surface area contributed by atoms with Crippen molar-refractivity contribution >= 4 is 5.91 Å². The van der Waals surface area contributed by atoms with Crippen LogP contribution in [0, 0.1) is 5.82 Å². The second-order valence-corrected chi connectivity index (χ2v) is 6.29. The van der Waals surface area contributed by atoms with Crippen molar-refractivity contribution in [2.75, 3.05) is 13.1 Å². The van der Waals surface area contributed by atoms with Gasteiger partial charge in [0.15, 0.2) is 0 Å². The van der Waals surface area contributed by atoms with E-state index in [-0.39, 0.29) is 17.8 Å². The van der Waals surface area contributed by atoms with Gasteiger partial charge in [0.2, 0.25) is 5.91 Å². The smallest absolute Gasteiger partial charge is 0.231 e. The Kier molecular flexibility index (Phi) is 4.24. The molecule has 1 aromatic carbocycles. The molecule has 1 saturated carbocycles. The van der Waals surface area contributed by atoms with Crippen LogP contribution in [-0.2, 0) is 10.2 Å². The van der Waals surface area contributed by atoms with Gasteiger partial charge in [-0.3, -0.25) is 4.79 Å². The maximum absolute atomic E-state index is 14.2. The predicted octanol–water partition coefficient (Wildman–Crippen LogP) is 2.51. The zero-order valence-electron chi connectivity index (χ0n) is 12.3. The summed E-state index contributed by atoms with van der Waals surface area (Å²) >= 11 is 0. The minimum Gasteiger partial charge on any atom is -0.351 e. The summed E-state index contributed by atoms with van der Waals surface area (Å²) in [6, 6.07) is 6.93. The molecule has 4 heteroatoms. The Morgan fingerprint density at radius 2 is 2.00 bits per heavy atom. The van der Waals surface area contributed by atoms with Gasteiger partial charge in [-0.1, -0.05) is 31.0 Å². The number of hydrogen-bond donors (Lipinski definition) is 2. The molecule has 1 aromatic rings. The number of halogens is 1. The molecule has 3 nitrogen and oxygen atoms in total. The molecule has 1 atom stereocenters. The molecule has 1 saturated heterocycles. The minimum atomic E-state index is -0.664. The quantitative estimate of drug-likeness (QED) is 0.898. The predicted molar refractivity (Wildman–Crippen MR) is 80.6 cm³/mol. The molecule has 2 fully saturated rings. The van der Waals surface area contributed by atoms with Crippen LogP contribution in [0.15, 0.2) is 24.3 Å². The minimum absolute atomic E-state index is 0.0128. The largest absolute Gasteiger partial charge is 0.351 e. The number of piperidine rings is 1. The summed E-state index contributed by atoms with van der Waals surface area (Å²) in [7, 11) is 0. The van der Waals surface area contributed by atoms with E-state index in [1.165, 1.54) is 6.07 Å². The third-order valence-corrected chi connectivity index (χ3v) is 4.91. The van der Waals surface area contributed by atoms with Crippen LogP contribution in [0.2, 0.25) is 0 Å². The van der Waals surface area contributed by atoms with Crippen LogP contribution in [0.25, 0.3) is 0 Å². The van der Waals surface area contributed by atoms with Crippen LogP contribution < -0.4 is 10.6 Å². The van der Waals surface area contributed by atoms with Crippen molar-refractivity contribution in [3.05, 3.63) is 35.6 Å². The first-order valence-electron chi connectivity index (χ1n) is 7.99. The molecule has 2 N–H and O–H groups in total. The normalized spacial score (nSPS) is 24.7. The van der Waals surface area contributed by atoms with E-state index < -0.39 is 5.41 Å². The van der Waals surface area contributed by atoms with Crippen molar-refractivity contribution in [3.63, 3.8) is 0 Å². The molecular weight excluding hydrogens is 267 g/mol. The lowest BCUT2D eigenvalue weighted by Crippen LogP contribution is -2.52. The highest BCUT2D eigenvalue weighted by molar-refractivity contribution is 5.89. The fourth-order valence-electron chi connectivity index (χ4n) is 3.75. The molecule has 1 aliphatic carbocycles. The highest BCUT2D eigenvalue weighted by atomic mass is 19.1. The Hall–Kier alpha value is -1.42. The van der Waals surface area contributed by atoms with Gasteiger partial charge in [0.1, 0.15) is 5.82 Å². The Morgan fingerprint density at radius 3 is 2.67 bits per heavy atom. The molecule has 0 unspecified atom stereocenters. The molecule has 3 rings (SSSR count). The summed E-state index contributed by atoms with van der Waals surface area (Å²) in [5.41, 5.74) is -0.0910. The van der Waals surface area contributed by atoms with Crippen LogP contribution in [0.3, 0.4) is 0 Å². The molecule has 1 aliphatic heterocycles. The number of nitrogens with one attached hydrogen (secondary N) is 2. The SMILES string of the molecule is O=C(N[C@H]1CCCNC1)C1(c2ccccc2F)CCCC1. The Morgan fingerprint density at radius 1 is 1.24 bits per heavy atom. The molecule has 2 aliphatic rings. The van der Waals surface area contributed by atoms with Crippen molar-refractivity contribution in [1.29, 1.82) is 0 Å². The van der Waals surface area contributed by atoms with Crippen molar-refractivity contribution in [3.8, 4) is 0 Å². The van der Waals surface area contributed by atoms with Crippen molar-refractivity contribution in [2.24, 2.45) is 0 Å².